The molecular weight excluding hydrogens is 673 g/mol. The summed E-state index contributed by atoms with van der Waals surface area (Å²) < 4.78 is 9.01. The van der Waals surface area contributed by atoms with Crippen LogP contribution < -0.4 is 0 Å². The maximum atomic E-state index is 6.41. The van der Waals surface area contributed by atoms with Gasteiger partial charge in [0.15, 0.2) is 0 Å². The highest BCUT2D eigenvalue weighted by molar-refractivity contribution is 7.26. The molecule has 0 aliphatic heterocycles. The Balaban J connectivity index is 0.978. The van der Waals surface area contributed by atoms with Crippen LogP contribution in [0.15, 0.2) is 186 Å². The molecule has 0 saturated carbocycles. The molecule has 0 saturated heterocycles. The van der Waals surface area contributed by atoms with Crippen LogP contribution in [0, 0.1) is 0 Å². The fraction of sp³-hybridized carbons (Fsp3) is 0. The molecule has 54 heavy (non-hydrogen) atoms. The van der Waals surface area contributed by atoms with Crippen molar-refractivity contribution in [2.75, 3.05) is 0 Å². The second kappa shape index (κ2) is 11.4. The van der Waals surface area contributed by atoms with Crippen molar-refractivity contribution in [3.8, 4) is 33.4 Å². The first-order valence-corrected chi connectivity index (χ1v) is 19.3. The van der Waals surface area contributed by atoms with Crippen LogP contribution in [0.5, 0.6) is 0 Å². The normalized spacial score (nSPS) is 12.1. The van der Waals surface area contributed by atoms with Gasteiger partial charge in [-0.25, -0.2) is 0 Å². The minimum absolute atomic E-state index is 0.935. The van der Waals surface area contributed by atoms with E-state index in [-0.39, 0.29) is 0 Å². The Kier molecular flexibility index (Phi) is 6.28. The van der Waals surface area contributed by atoms with Gasteiger partial charge in [-0.1, -0.05) is 146 Å². The number of furan rings is 1. The number of rotatable bonds is 3. The standard InChI is InChI=1S/C52H30OS/c1-2-10-34-29-36(22-19-31(34)9-1)50-40-14-5-3-12-38(40)49(39-13-4-6-15-41(39)50)33-20-17-32(18-21-33)35-23-24-45-48(30-35)54-47-28-27-44-42(51(45)47)25-26-43-37-11-7-8-16-46(37)53-52(43)44/h1-30H. The fourth-order valence-corrected chi connectivity index (χ4v) is 10.1. The van der Waals surface area contributed by atoms with Crippen molar-refractivity contribution in [3.05, 3.63) is 182 Å². The minimum atomic E-state index is 0.935. The van der Waals surface area contributed by atoms with Crippen molar-refractivity contribution in [2.24, 2.45) is 0 Å². The van der Waals surface area contributed by atoms with Crippen LogP contribution in [0.2, 0.25) is 0 Å². The summed E-state index contributed by atoms with van der Waals surface area (Å²) in [6.45, 7) is 0. The molecule has 250 valence electrons. The van der Waals surface area contributed by atoms with Gasteiger partial charge in [0.2, 0.25) is 0 Å². The third kappa shape index (κ3) is 4.32. The molecule has 12 rings (SSSR count). The van der Waals surface area contributed by atoms with E-state index < -0.39 is 0 Å². The van der Waals surface area contributed by atoms with Crippen molar-refractivity contribution in [2.45, 2.75) is 0 Å². The van der Waals surface area contributed by atoms with Gasteiger partial charge in [-0.3, -0.25) is 0 Å². The topological polar surface area (TPSA) is 13.1 Å². The molecule has 0 aliphatic carbocycles. The fourth-order valence-electron chi connectivity index (χ4n) is 8.97. The zero-order valence-electron chi connectivity index (χ0n) is 29.1. The van der Waals surface area contributed by atoms with Crippen LogP contribution in [0.3, 0.4) is 0 Å². The lowest BCUT2D eigenvalue weighted by atomic mass is 9.85. The molecule has 2 heteroatoms. The summed E-state index contributed by atoms with van der Waals surface area (Å²) in [5.41, 5.74) is 9.39. The van der Waals surface area contributed by atoms with E-state index in [2.05, 4.69) is 176 Å². The first-order chi connectivity index (χ1) is 26.8. The molecular formula is C52H30OS. The predicted octanol–water partition coefficient (Wildman–Crippen LogP) is 15.6. The highest BCUT2D eigenvalue weighted by atomic mass is 32.1. The summed E-state index contributed by atoms with van der Waals surface area (Å²) in [5.74, 6) is 0. The molecule has 0 spiro atoms. The number of hydrogen-bond acceptors (Lipinski definition) is 2. The van der Waals surface area contributed by atoms with Gasteiger partial charge < -0.3 is 4.42 Å². The summed E-state index contributed by atoms with van der Waals surface area (Å²) in [6, 6.07) is 66.8. The average Bonchev–Trinajstić information content (AvgIpc) is 3.81. The van der Waals surface area contributed by atoms with Gasteiger partial charge in [0.1, 0.15) is 11.2 Å². The minimum Gasteiger partial charge on any atom is -0.455 e. The van der Waals surface area contributed by atoms with Crippen LogP contribution in [-0.4, -0.2) is 0 Å². The molecule has 2 aromatic heterocycles. The van der Waals surface area contributed by atoms with Crippen molar-refractivity contribution in [1.29, 1.82) is 0 Å². The van der Waals surface area contributed by atoms with Crippen molar-refractivity contribution < 1.29 is 4.42 Å². The van der Waals surface area contributed by atoms with Crippen LogP contribution in [0.25, 0.3) is 119 Å². The molecule has 12 aromatic rings. The summed E-state index contributed by atoms with van der Waals surface area (Å²) in [7, 11) is 0. The molecule has 1 nitrogen and oxygen atoms in total. The lowest BCUT2D eigenvalue weighted by Gasteiger charge is -2.18. The largest absolute Gasteiger partial charge is 0.455 e. The molecule has 0 amide bonds. The highest BCUT2D eigenvalue weighted by Gasteiger charge is 2.18. The average molecular weight is 703 g/mol. The van der Waals surface area contributed by atoms with Crippen LogP contribution in [0.4, 0.5) is 0 Å². The first kappa shape index (κ1) is 29.8. The van der Waals surface area contributed by atoms with Gasteiger partial charge in [-0.15, -0.1) is 11.3 Å². The number of fused-ring (bicyclic) bond motifs is 12. The third-order valence-corrected chi connectivity index (χ3v) is 12.6. The molecule has 0 N–H and O–H groups in total. The molecule has 2 heterocycles. The van der Waals surface area contributed by atoms with Gasteiger partial charge in [-0.05, 0) is 107 Å². The van der Waals surface area contributed by atoms with Gasteiger partial charge in [0.25, 0.3) is 0 Å². The first-order valence-electron chi connectivity index (χ1n) is 18.5. The lowest BCUT2D eigenvalue weighted by molar-refractivity contribution is 0.672. The second-order valence-electron chi connectivity index (χ2n) is 14.4. The molecule has 10 aromatic carbocycles. The smallest absolute Gasteiger partial charge is 0.143 e. The lowest BCUT2D eigenvalue weighted by Crippen LogP contribution is -1.91. The number of para-hydroxylation sites is 1. The van der Waals surface area contributed by atoms with E-state index in [9.17, 15) is 0 Å². The number of thiophene rings is 1. The SMILES string of the molecule is c1ccc2cc(-c3c4ccccc4c(-c4ccc(-c5ccc6c(c5)sc5ccc7c(ccc8c9ccccc9oc87)c56)cc4)c4ccccc34)ccc2c1. The Morgan fingerprint density at radius 3 is 1.61 bits per heavy atom. The third-order valence-electron chi connectivity index (χ3n) is 11.4. The van der Waals surface area contributed by atoms with Crippen molar-refractivity contribution in [3.63, 3.8) is 0 Å². The van der Waals surface area contributed by atoms with Crippen molar-refractivity contribution >= 4 is 96.5 Å². The summed E-state index contributed by atoms with van der Waals surface area (Å²) in [4.78, 5) is 0. The number of hydrogen-bond donors (Lipinski definition) is 0. The summed E-state index contributed by atoms with van der Waals surface area (Å²) in [5, 5.41) is 15.0. The molecule has 0 unspecified atom stereocenters. The van der Waals surface area contributed by atoms with E-state index in [0.717, 1.165) is 11.2 Å². The molecule has 0 atom stereocenters. The van der Waals surface area contributed by atoms with E-state index in [4.69, 9.17) is 4.42 Å². The molecule has 0 bridgehead atoms. The van der Waals surface area contributed by atoms with Gasteiger partial charge in [0.05, 0.1) is 0 Å². The maximum Gasteiger partial charge on any atom is 0.143 e. The van der Waals surface area contributed by atoms with E-state index in [1.165, 1.54) is 107 Å². The Bertz CT molecular complexity index is 3430. The molecule has 0 aliphatic rings. The number of benzene rings is 10. The molecule has 0 fully saturated rings. The van der Waals surface area contributed by atoms with E-state index in [1.54, 1.807) is 0 Å². The van der Waals surface area contributed by atoms with E-state index in [0.29, 0.717) is 0 Å². The van der Waals surface area contributed by atoms with Gasteiger partial charge in [-0.2, -0.15) is 0 Å². The van der Waals surface area contributed by atoms with Gasteiger partial charge in [0, 0.05) is 36.3 Å². The van der Waals surface area contributed by atoms with Crippen LogP contribution >= 0.6 is 11.3 Å². The second-order valence-corrected chi connectivity index (χ2v) is 15.5. The monoisotopic (exact) mass is 702 g/mol. The Labute approximate surface area is 314 Å². The Morgan fingerprint density at radius 1 is 0.315 bits per heavy atom. The quantitative estimate of drug-likeness (QED) is 0.167. The van der Waals surface area contributed by atoms with Crippen molar-refractivity contribution in [1.82, 2.24) is 0 Å². The summed E-state index contributed by atoms with van der Waals surface area (Å²) >= 11 is 1.87. The van der Waals surface area contributed by atoms with E-state index >= 15 is 0 Å². The Hall–Kier alpha value is -6.74. The predicted molar refractivity (Wildman–Crippen MR) is 233 cm³/mol. The molecule has 0 radical (unpaired) electrons. The Morgan fingerprint density at radius 2 is 0.852 bits per heavy atom. The van der Waals surface area contributed by atoms with Crippen LogP contribution in [0.1, 0.15) is 0 Å². The zero-order valence-corrected chi connectivity index (χ0v) is 30.0. The van der Waals surface area contributed by atoms with E-state index in [1.807, 2.05) is 17.4 Å². The van der Waals surface area contributed by atoms with Gasteiger partial charge >= 0.3 is 0 Å². The summed E-state index contributed by atoms with van der Waals surface area (Å²) in [6.07, 6.45) is 0. The van der Waals surface area contributed by atoms with Crippen LogP contribution in [-0.2, 0) is 0 Å². The maximum absolute atomic E-state index is 6.41. The zero-order chi connectivity index (χ0) is 35.3. The highest BCUT2D eigenvalue weighted by Crippen LogP contribution is 2.46.